The molecule has 1 N–H and O–H groups in total. The van der Waals surface area contributed by atoms with Crippen LogP contribution in [0.1, 0.15) is 33.6 Å². The lowest BCUT2D eigenvalue weighted by atomic mass is 10.4. The zero-order chi connectivity index (χ0) is 9.40. The van der Waals surface area contributed by atoms with Gasteiger partial charge in [-0.1, -0.05) is 13.8 Å². The zero-order valence-corrected chi connectivity index (χ0v) is 8.42. The third-order valence-electron chi connectivity index (χ3n) is 1.65. The second-order valence-corrected chi connectivity index (χ2v) is 2.82. The van der Waals surface area contributed by atoms with Gasteiger partial charge < -0.3 is 9.84 Å². The van der Waals surface area contributed by atoms with Crippen LogP contribution in [0.4, 0.5) is 0 Å². The molecule has 0 amide bonds. The molecule has 3 heteroatoms. The number of rotatable bonds is 7. The third-order valence-corrected chi connectivity index (χ3v) is 1.65. The van der Waals surface area contributed by atoms with Crippen molar-refractivity contribution in [2.45, 2.75) is 40.0 Å². The monoisotopic (exact) mass is 175 g/mol. The Kier molecular flexibility index (Phi) is 7.45. The molecule has 1 atom stereocenters. The van der Waals surface area contributed by atoms with Gasteiger partial charge in [0.2, 0.25) is 6.41 Å². The highest BCUT2D eigenvalue weighted by Gasteiger charge is 2.12. The molecule has 3 nitrogen and oxygen atoms in total. The van der Waals surface area contributed by atoms with Gasteiger partial charge in [-0.15, -0.1) is 0 Å². The fourth-order valence-electron chi connectivity index (χ4n) is 1.16. The molecule has 0 heterocycles. The molecule has 0 aliphatic carbocycles. The summed E-state index contributed by atoms with van der Waals surface area (Å²) in [6, 6.07) is 0. The highest BCUT2D eigenvalue weighted by molar-refractivity contribution is 4.53. The van der Waals surface area contributed by atoms with E-state index in [0.717, 1.165) is 25.9 Å². The largest absolute Gasteiger partial charge is 0.356 e. The van der Waals surface area contributed by atoms with Crippen LogP contribution in [0.3, 0.4) is 0 Å². The van der Waals surface area contributed by atoms with Crippen molar-refractivity contribution in [3.05, 3.63) is 0 Å². The molecule has 12 heavy (non-hydrogen) atoms. The molecule has 0 aromatic rings. The lowest BCUT2D eigenvalue weighted by Gasteiger charge is -2.26. The van der Waals surface area contributed by atoms with Crippen LogP contribution in [0, 0.1) is 0 Å². The van der Waals surface area contributed by atoms with E-state index in [-0.39, 0.29) is 0 Å². The van der Waals surface area contributed by atoms with Gasteiger partial charge >= 0.3 is 0 Å². The summed E-state index contributed by atoms with van der Waals surface area (Å²) in [5.41, 5.74) is 0. The van der Waals surface area contributed by atoms with E-state index in [1.807, 2.05) is 11.8 Å². The predicted octanol–water partition coefficient (Wildman–Crippen LogP) is 1.42. The Hall–Kier alpha value is -0.120. The molecule has 0 saturated carbocycles. The average molecular weight is 175 g/mol. The maximum atomic E-state index is 9.47. The number of nitrogens with zero attached hydrogens (tertiary/aromatic N) is 1. The average Bonchev–Trinajstić information content (AvgIpc) is 2.04. The Labute approximate surface area is 75.3 Å². The fourth-order valence-corrected chi connectivity index (χ4v) is 1.16. The molecule has 0 saturated heterocycles. The number of hydrogen-bond donors (Lipinski definition) is 1. The van der Waals surface area contributed by atoms with Gasteiger partial charge in [-0.05, 0) is 19.8 Å². The highest BCUT2D eigenvalue weighted by Crippen LogP contribution is 2.00. The minimum Gasteiger partial charge on any atom is -0.356 e. The minimum absolute atomic E-state index is 0.561. The molecular formula is C9H21NO2. The minimum atomic E-state index is -0.713. The van der Waals surface area contributed by atoms with Crippen LogP contribution in [0.25, 0.3) is 0 Å². The van der Waals surface area contributed by atoms with E-state index in [1.165, 1.54) is 0 Å². The Morgan fingerprint density at radius 1 is 1.17 bits per heavy atom. The molecule has 0 spiro atoms. The Morgan fingerprint density at radius 3 is 2.00 bits per heavy atom. The van der Waals surface area contributed by atoms with Crippen LogP contribution in [0.15, 0.2) is 0 Å². The lowest BCUT2D eigenvalue weighted by Crippen LogP contribution is -2.38. The van der Waals surface area contributed by atoms with Crippen LogP contribution in [-0.4, -0.2) is 36.1 Å². The summed E-state index contributed by atoms with van der Waals surface area (Å²) >= 11 is 0. The van der Waals surface area contributed by atoms with Crippen LogP contribution in [0.5, 0.6) is 0 Å². The first kappa shape index (κ1) is 11.9. The second kappa shape index (κ2) is 7.53. The lowest BCUT2D eigenvalue weighted by molar-refractivity contribution is -0.190. The summed E-state index contributed by atoms with van der Waals surface area (Å²) < 4.78 is 5.09. The summed E-state index contributed by atoms with van der Waals surface area (Å²) in [7, 11) is 0. The van der Waals surface area contributed by atoms with Gasteiger partial charge in [0.25, 0.3) is 0 Å². The topological polar surface area (TPSA) is 32.7 Å². The Morgan fingerprint density at radius 2 is 1.67 bits per heavy atom. The van der Waals surface area contributed by atoms with Crippen LogP contribution in [0.2, 0.25) is 0 Å². The summed E-state index contributed by atoms with van der Waals surface area (Å²) in [5.74, 6) is 0. The molecule has 1 unspecified atom stereocenters. The van der Waals surface area contributed by atoms with Crippen molar-refractivity contribution in [1.82, 2.24) is 4.90 Å². The van der Waals surface area contributed by atoms with Crippen molar-refractivity contribution in [3.8, 4) is 0 Å². The number of aliphatic hydroxyl groups is 1. The van der Waals surface area contributed by atoms with Gasteiger partial charge in [-0.25, -0.2) is 0 Å². The smallest absolute Gasteiger partial charge is 0.216 e. The predicted molar refractivity (Wildman–Crippen MR) is 49.8 cm³/mol. The van der Waals surface area contributed by atoms with E-state index in [9.17, 15) is 5.11 Å². The first-order chi connectivity index (χ1) is 5.76. The van der Waals surface area contributed by atoms with Crippen LogP contribution in [-0.2, 0) is 4.74 Å². The van der Waals surface area contributed by atoms with Gasteiger partial charge in [0.15, 0.2) is 0 Å². The summed E-state index contributed by atoms with van der Waals surface area (Å²) in [5, 5.41) is 9.47. The van der Waals surface area contributed by atoms with E-state index < -0.39 is 6.41 Å². The van der Waals surface area contributed by atoms with E-state index in [0.29, 0.717) is 6.61 Å². The van der Waals surface area contributed by atoms with Crippen LogP contribution < -0.4 is 0 Å². The number of aliphatic hydroxyl groups excluding tert-OH is 1. The SMILES string of the molecule is CCCN(CCC)C(O)OCC. The van der Waals surface area contributed by atoms with Gasteiger partial charge in [0.1, 0.15) is 0 Å². The van der Waals surface area contributed by atoms with Crippen molar-refractivity contribution in [3.63, 3.8) is 0 Å². The number of ether oxygens (including phenoxy) is 1. The molecule has 0 aromatic heterocycles. The van der Waals surface area contributed by atoms with Gasteiger partial charge in [0.05, 0.1) is 0 Å². The molecule has 0 bridgehead atoms. The molecule has 0 aliphatic heterocycles. The first-order valence-electron chi connectivity index (χ1n) is 4.79. The maximum Gasteiger partial charge on any atom is 0.216 e. The molecular weight excluding hydrogens is 154 g/mol. The fraction of sp³-hybridized carbons (Fsp3) is 1.00. The molecule has 0 fully saturated rings. The van der Waals surface area contributed by atoms with Crippen molar-refractivity contribution in [2.75, 3.05) is 19.7 Å². The number of hydrogen-bond acceptors (Lipinski definition) is 3. The van der Waals surface area contributed by atoms with E-state index in [2.05, 4.69) is 13.8 Å². The van der Waals surface area contributed by atoms with Gasteiger partial charge in [-0.3, -0.25) is 4.90 Å². The van der Waals surface area contributed by atoms with Crippen molar-refractivity contribution >= 4 is 0 Å². The van der Waals surface area contributed by atoms with Crippen molar-refractivity contribution < 1.29 is 9.84 Å². The van der Waals surface area contributed by atoms with Gasteiger partial charge in [0, 0.05) is 19.7 Å². The Balaban J connectivity index is 3.72. The highest BCUT2D eigenvalue weighted by atomic mass is 16.6. The summed E-state index contributed by atoms with van der Waals surface area (Å²) in [6.45, 7) is 8.44. The standard InChI is InChI=1S/C9H21NO2/c1-4-7-10(8-5-2)9(11)12-6-3/h9,11H,4-8H2,1-3H3. The third kappa shape index (κ3) is 4.70. The molecule has 0 aromatic carbocycles. The molecule has 0 rings (SSSR count). The van der Waals surface area contributed by atoms with Crippen molar-refractivity contribution in [1.29, 1.82) is 0 Å². The summed E-state index contributed by atoms with van der Waals surface area (Å²) in [4.78, 5) is 1.95. The van der Waals surface area contributed by atoms with Crippen molar-refractivity contribution in [2.24, 2.45) is 0 Å². The van der Waals surface area contributed by atoms with Crippen LogP contribution >= 0.6 is 0 Å². The normalized spacial score (nSPS) is 13.8. The van der Waals surface area contributed by atoms with Gasteiger partial charge in [-0.2, -0.15) is 0 Å². The molecule has 0 radical (unpaired) electrons. The first-order valence-corrected chi connectivity index (χ1v) is 4.79. The molecule has 0 aliphatic rings. The maximum absolute atomic E-state index is 9.47. The summed E-state index contributed by atoms with van der Waals surface area (Å²) in [6.07, 6.45) is 1.38. The van der Waals surface area contributed by atoms with E-state index in [1.54, 1.807) is 0 Å². The Bertz CT molecular complexity index is 92.5. The second-order valence-electron chi connectivity index (χ2n) is 2.82. The molecule has 74 valence electrons. The zero-order valence-electron chi connectivity index (χ0n) is 8.42. The van der Waals surface area contributed by atoms with E-state index in [4.69, 9.17) is 4.74 Å². The quantitative estimate of drug-likeness (QED) is 0.594. The van der Waals surface area contributed by atoms with E-state index >= 15 is 0 Å².